The van der Waals surface area contributed by atoms with Gasteiger partial charge in [0.25, 0.3) is 0 Å². The molecule has 3 aromatic rings. The lowest BCUT2D eigenvalue weighted by Gasteiger charge is -2.09. The van der Waals surface area contributed by atoms with Gasteiger partial charge in [0, 0.05) is 10.6 Å². The molecule has 4 rings (SSSR count). The molecule has 0 bridgehead atoms. The van der Waals surface area contributed by atoms with E-state index in [1.165, 1.54) is 27.1 Å². The molecule has 1 aliphatic rings. The maximum absolute atomic E-state index is 3.19. The Morgan fingerprint density at radius 3 is 2.44 bits per heavy atom. The molecular weight excluding hydrogens is 192 g/mol. The summed E-state index contributed by atoms with van der Waals surface area (Å²) >= 11 is 0. The third-order valence-corrected chi connectivity index (χ3v) is 3.24. The average Bonchev–Trinajstić information content (AvgIpc) is 2.36. The molecule has 72 valence electrons. The van der Waals surface area contributed by atoms with Crippen LogP contribution in [0.5, 0.6) is 0 Å². The molecule has 0 N–H and O–H groups in total. The Morgan fingerprint density at radius 1 is 0.750 bits per heavy atom. The van der Waals surface area contributed by atoms with Gasteiger partial charge in [-0.25, -0.2) is 0 Å². The summed E-state index contributed by atoms with van der Waals surface area (Å²) in [6.45, 7) is 0. The molecule has 0 unspecified atom stereocenters. The highest BCUT2D eigenvalue weighted by molar-refractivity contribution is 6.13. The smallest absolute Gasteiger partial charge is 0.0334 e. The fraction of sp³-hybridized carbons (Fsp3) is 0. The minimum Gasteiger partial charge on any atom is -0.0689 e. The fourth-order valence-electron chi connectivity index (χ4n) is 2.53. The molecule has 0 heterocycles. The van der Waals surface area contributed by atoms with Crippen molar-refractivity contribution in [1.29, 1.82) is 0 Å². The van der Waals surface area contributed by atoms with Crippen LogP contribution in [0, 0.1) is 0 Å². The Hall–Kier alpha value is -2.26. The van der Waals surface area contributed by atoms with Crippen molar-refractivity contribution in [2.75, 3.05) is 0 Å². The number of hydrogen-bond donors (Lipinski definition) is 0. The molecule has 16 heavy (non-hydrogen) atoms. The number of benzene rings is 3. The molecule has 0 nitrogen and oxygen atoms in total. The highest BCUT2D eigenvalue weighted by Gasteiger charge is 2.07. The normalized spacial score (nSPS) is 12.2. The molecule has 0 saturated carbocycles. The minimum absolute atomic E-state index is 1.15. The first-order valence-corrected chi connectivity index (χ1v) is 5.39. The maximum Gasteiger partial charge on any atom is 0.0334 e. The molecule has 0 atom stereocenters. The first-order valence-electron chi connectivity index (χ1n) is 5.39. The van der Waals surface area contributed by atoms with Crippen molar-refractivity contribution in [2.24, 2.45) is 0 Å². The lowest BCUT2D eigenvalue weighted by atomic mass is 9.94. The quantitative estimate of drug-likeness (QED) is 0.382. The van der Waals surface area contributed by atoms with Crippen molar-refractivity contribution in [1.82, 2.24) is 0 Å². The molecule has 0 saturated heterocycles. The van der Waals surface area contributed by atoms with Gasteiger partial charge in [0.1, 0.15) is 0 Å². The number of hydrogen-bond acceptors (Lipinski definition) is 0. The van der Waals surface area contributed by atoms with Crippen molar-refractivity contribution in [2.45, 2.75) is 0 Å². The second-order valence-electron chi connectivity index (χ2n) is 4.14. The minimum atomic E-state index is 1.15. The van der Waals surface area contributed by atoms with E-state index in [0.717, 1.165) is 5.22 Å². The summed E-state index contributed by atoms with van der Waals surface area (Å²) in [7, 11) is 0. The van der Waals surface area contributed by atoms with Crippen LogP contribution in [0.25, 0.3) is 33.4 Å². The fourth-order valence-corrected chi connectivity index (χ4v) is 2.53. The SMILES string of the molecule is C1=C=c2ccc3cccc4ccc(c2c43)C=1. The second-order valence-corrected chi connectivity index (χ2v) is 4.14. The zero-order valence-electron chi connectivity index (χ0n) is 8.62. The van der Waals surface area contributed by atoms with Gasteiger partial charge in [-0.3, -0.25) is 0 Å². The van der Waals surface area contributed by atoms with Gasteiger partial charge in [-0.15, -0.1) is 0 Å². The Balaban J connectivity index is 2.54. The van der Waals surface area contributed by atoms with Gasteiger partial charge in [0.15, 0.2) is 0 Å². The largest absolute Gasteiger partial charge is 0.0689 e. The van der Waals surface area contributed by atoms with Gasteiger partial charge in [-0.05, 0) is 33.9 Å². The first-order chi connectivity index (χ1) is 7.93. The summed E-state index contributed by atoms with van der Waals surface area (Å²) in [6.07, 6.45) is 2.01. The van der Waals surface area contributed by atoms with E-state index in [1.54, 1.807) is 0 Å². The van der Waals surface area contributed by atoms with Crippen LogP contribution in [0.2, 0.25) is 0 Å². The monoisotopic (exact) mass is 200 g/mol. The van der Waals surface area contributed by atoms with Gasteiger partial charge in [0.2, 0.25) is 0 Å². The maximum atomic E-state index is 3.19. The third-order valence-electron chi connectivity index (χ3n) is 3.24. The summed E-state index contributed by atoms with van der Waals surface area (Å²) < 4.78 is 0. The van der Waals surface area contributed by atoms with Crippen molar-refractivity contribution < 1.29 is 0 Å². The number of rotatable bonds is 0. The predicted molar refractivity (Wildman–Crippen MR) is 68.1 cm³/mol. The van der Waals surface area contributed by atoms with Gasteiger partial charge >= 0.3 is 0 Å². The Morgan fingerprint density at radius 2 is 1.56 bits per heavy atom. The molecule has 0 radical (unpaired) electrons. The van der Waals surface area contributed by atoms with Gasteiger partial charge in [-0.1, -0.05) is 47.9 Å². The molecular formula is C16H8. The Bertz CT molecular complexity index is 840. The van der Waals surface area contributed by atoms with Crippen LogP contribution in [0.15, 0.2) is 48.2 Å². The molecule has 0 fully saturated rings. The lowest BCUT2D eigenvalue weighted by molar-refractivity contribution is 1.68. The van der Waals surface area contributed by atoms with Crippen molar-refractivity contribution in [3.63, 3.8) is 0 Å². The summed E-state index contributed by atoms with van der Waals surface area (Å²) in [5, 5.41) is 6.42. The van der Waals surface area contributed by atoms with Gasteiger partial charge in [-0.2, -0.15) is 0 Å². The highest BCUT2D eigenvalue weighted by atomic mass is 14.1. The van der Waals surface area contributed by atoms with Crippen LogP contribution >= 0.6 is 0 Å². The van der Waals surface area contributed by atoms with Crippen LogP contribution in [0.3, 0.4) is 0 Å². The molecule has 1 aliphatic carbocycles. The topological polar surface area (TPSA) is 0 Å². The van der Waals surface area contributed by atoms with E-state index in [1.807, 2.05) is 6.08 Å². The molecule has 0 aliphatic heterocycles. The predicted octanol–water partition coefficient (Wildman–Crippen LogP) is 3.27. The van der Waals surface area contributed by atoms with Crippen molar-refractivity contribution >= 4 is 33.4 Å². The highest BCUT2D eigenvalue weighted by Crippen LogP contribution is 2.27. The van der Waals surface area contributed by atoms with Crippen LogP contribution in [0.4, 0.5) is 0 Å². The molecule has 0 amide bonds. The molecule has 3 aromatic carbocycles. The zero-order valence-corrected chi connectivity index (χ0v) is 8.62. The standard InChI is InChI=1S/C16H8/c1-3-11-7-9-13-5-2-6-14-10-8-12(4-1)15(11)16(13)14/h1,3-5,7-10H. The van der Waals surface area contributed by atoms with E-state index in [-0.39, 0.29) is 0 Å². The van der Waals surface area contributed by atoms with E-state index in [9.17, 15) is 0 Å². The van der Waals surface area contributed by atoms with E-state index in [0.29, 0.717) is 0 Å². The summed E-state index contributed by atoms with van der Waals surface area (Å²) in [5.74, 6) is 0. The van der Waals surface area contributed by atoms with E-state index in [4.69, 9.17) is 0 Å². The second kappa shape index (κ2) is 2.65. The molecule has 0 heteroatoms. The summed E-state index contributed by atoms with van der Waals surface area (Å²) in [5.41, 5.74) is 7.51. The van der Waals surface area contributed by atoms with Crippen LogP contribution in [-0.2, 0) is 0 Å². The van der Waals surface area contributed by atoms with Crippen molar-refractivity contribution in [3.8, 4) is 0 Å². The van der Waals surface area contributed by atoms with E-state index >= 15 is 0 Å². The van der Waals surface area contributed by atoms with Crippen molar-refractivity contribution in [3.05, 3.63) is 59.0 Å². The lowest BCUT2D eigenvalue weighted by Crippen LogP contribution is -2.03. The van der Waals surface area contributed by atoms with Crippen LogP contribution < -0.4 is 5.22 Å². The third kappa shape index (κ3) is 0.857. The summed E-state index contributed by atoms with van der Waals surface area (Å²) in [4.78, 5) is 0. The van der Waals surface area contributed by atoms with E-state index in [2.05, 4.69) is 53.9 Å². The van der Waals surface area contributed by atoms with E-state index < -0.39 is 0 Å². The Kier molecular flexibility index (Phi) is 1.32. The van der Waals surface area contributed by atoms with Gasteiger partial charge in [0.05, 0.1) is 0 Å². The summed E-state index contributed by atoms with van der Waals surface area (Å²) in [6, 6.07) is 15.1. The van der Waals surface area contributed by atoms with Gasteiger partial charge < -0.3 is 0 Å². The first kappa shape index (κ1) is 7.96. The van der Waals surface area contributed by atoms with Crippen LogP contribution in [-0.4, -0.2) is 0 Å². The Labute approximate surface area is 92.8 Å². The average molecular weight is 200 g/mol. The molecule has 0 spiro atoms. The van der Waals surface area contributed by atoms with Crippen LogP contribution in [0.1, 0.15) is 5.56 Å². The molecule has 0 aromatic heterocycles. The zero-order chi connectivity index (χ0) is 10.5.